The van der Waals surface area contributed by atoms with E-state index < -0.39 is 0 Å². The molecular weight excluding hydrogens is 360 g/mol. The standard InChI is InChI=1S/C19H26N6O3/c1-3-27-16-8-6-5-7-15(16)22-17-13-20-24-18(23-17)21-14-9-11-25(12-10-14)19(26)28-4-2/h5-8,13-14H,3-4,9-12H2,1-2H3,(H2,21,22,23,24). The summed E-state index contributed by atoms with van der Waals surface area (Å²) < 4.78 is 10.7. The zero-order valence-corrected chi connectivity index (χ0v) is 16.2. The first-order valence-electron chi connectivity index (χ1n) is 9.56. The molecule has 1 amide bonds. The van der Waals surface area contributed by atoms with Crippen LogP contribution in [-0.4, -0.2) is 58.5 Å². The van der Waals surface area contributed by atoms with Gasteiger partial charge in [-0.2, -0.15) is 10.1 Å². The highest BCUT2D eigenvalue weighted by Crippen LogP contribution is 2.26. The Labute approximate surface area is 164 Å². The monoisotopic (exact) mass is 386 g/mol. The number of benzene rings is 1. The fraction of sp³-hybridized carbons (Fsp3) is 0.474. The van der Waals surface area contributed by atoms with Gasteiger partial charge in [-0.05, 0) is 38.8 Å². The number of hydrogen-bond donors (Lipinski definition) is 2. The van der Waals surface area contributed by atoms with Crippen molar-refractivity contribution in [3.8, 4) is 5.75 Å². The van der Waals surface area contributed by atoms with Crippen molar-refractivity contribution in [3.05, 3.63) is 30.5 Å². The average Bonchev–Trinajstić information content (AvgIpc) is 2.71. The zero-order valence-electron chi connectivity index (χ0n) is 16.2. The molecule has 1 aromatic heterocycles. The van der Waals surface area contributed by atoms with Crippen molar-refractivity contribution in [2.75, 3.05) is 36.9 Å². The van der Waals surface area contributed by atoms with E-state index in [9.17, 15) is 4.79 Å². The van der Waals surface area contributed by atoms with Crippen molar-refractivity contribution in [2.24, 2.45) is 0 Å². The van der Waals surface area contributed by atoms with Gasteiger partial charge in [0.1, 0.15) is 5.75 Å². The van der Waals surface area contributed by atoms with Gasteiger partial charge >= 0.3 is 6.09 Å². The van der Waals surface area contributed by atoms with Crippen LogP contribution in [0.3, 0.4) is 0 Å². The number of nitrogens with one attached hydrogen (secondary N) is 2. The second-order valence-electron chi connectivity index (χ2n) is 6.32. The number of carbonyl (C=O) groups is 1. The number of aromatic nitrogens is 3. The van der Waals surface area contributed by atoms with Crippen molar-refractivity contribution in [1.29, 1.82) is 0 Å². The minimum absolute atomic E-state index is 0.179. The molecule has 0 aliphatic carbocycles. The lowest BCUT2D eigenvalue weighted by atomic mass is 10.1. The van der Waals surface area contributed by atoms with Crippen LogP contribution in [0.5, 0.6) is 5.75 Å². The minimum atomic E-state index is -0.252. The number of piperidine rings is 1. The molecule has 0 radical (unpaired) electrons. The second-order valence-corrected chi connectivity index (χ2v) is 6.32. The van der Waals surface area contributed by atoms with Crippen molar-refractivity contribution in [2.45, 2.75) is 32.7 Å². The van der Waals surface area contributed by atoms with E-state index in [0.29, 0.717) is 38.1 Å². The van der Waals surface area contributed by atoms with E-state index in [1.807, 2.05) is 38.1 Å². The Balaban J connectivity index is 1.58. The number of anilines is 3. The SMILES string of the molecule is CCOC(=O)N1CCC(Nc2nncc(Nc3ccccc3OCC)n2)CC1. The molecule has 0 bridgehead atoms. The summed E-state index contributed by atoms with van der Waals surface area (Å²) >= 11 is 0. The Bertz CT molecular complexity index is 780. The van der Waals surface area contributed by atoms with Gasteiger partial charge in [0, 0.05) is 19.1 Å². The van der Waals surface area contributed by atoms with E-state index in [0.717, 1.165) is 24.3 Å². The molecular formula is C19H26N6O3. The third-order valence-corrected chi connectivity index (χ3v) is 4.36. The number of carbonyl (C=O) groups excluding carboxylic acids is 1. The Kier molecular flexibility index (Phi) is 6.83. The van der Waals surface area contributed by atoms with Gasteiger partial charge in [0.15, 0.2) is 5.82 Å². The normalized spacial score (nSPS) is 14.4. The van der Waals surface area contributed by atoms with Crippen LogP contribution in [0.25, 0.3) is 0 Å². The van der Waals surface area contributed by atoms with E-state index in [1.165, 1.54) is 0 Å². The molecule has 0 unspecified atom stereocenters. The molecule has 1 aliphatic heterocycles. The Morgan fingerprint density at radius 2 is 2.00 bits per heavy atom. The van der Waals surface area contributed by atoms with Crippen molar-refractivity contribution < 1.29 is 14.3 Å². The first-order chi connectivity index (χ1) is 13.7. The van der Waals surface area contributed by atoms with Gasteiger partial charge < -0.3 is 25.0 Å². The van der Waals surface area contributed by atoms with E-state index in [2.05, 4.69) is 25.8 Å². The zero-order chi connectivity index (χ0) is 19.8. The number of ether oxygens (including phenoxy) is 2. The molecule has 1 aliphatic rings. The highest BCUT2D eigenvalue weighted by Gasteiger charge is 2.24. The fourth-order valence-electron chi connectivity index (χ4n) is 3.02. The molecule has 0 spiro atoms. The van der Waals surface area contributed by atoms with Gasteiger partial charge in [0.25, 0.3) is 0 Å². The molecule has 150 valence electrons. The van der Waals surface area contributed by atoms with Crippen LogP contribution in [-0.2, 0) is 4.74 Å². The molecule has 2 N–H and O–H groups in total. The molecule has 2 aromatic rings. The van der Waals surface area contributed by atoms with E-state index in [-0.39, 0.29) is 12.1 Å². The van der Waals surface area contributed by atoms with Gasteiger partial charge in [-0.25, -0.2) is 4.79 Å². The lowest BCUT2D eigenvalue weighted by molar-refractivity contribution is 0.0983. The maximum absolute atomic E-state index is 11.8. The third kappa shape index (κ3) is 5.21. The fourth-order valence-corrected chi connectivity index (χ4v) is 3.02. The van der Waals surface area contributed by atoms with Crippen molar-refractivity contribution in [3.63, 3.8) is 0 Å². The van der Waals surface area contributed by atoms with Crippen LogP contribution in [0.15, 0.2) is 30.5 Å². The van der Waals surface area contributed by atoms with Crippen LogP contribution in [0.2, 0.25) is 0 Å². The molecule has 28 heavy (non-hydrogen) atoms. The number of nitrogens with zero attached hydrogens (tertiary/aromatic N) is 4. The van der Waals surface area contributed by atoms with Crippen molar-refractivity contribution >= 4 is 23.5 Å². The summed E-state index contributed by atoms with van der Waals surface area (Å²) in [6, 6.07) is 7.85. The number of hydrogen-bond acceptors (Lipinski definition) is 8. The topological polar surface area (TPSA) is 102 Å². The molecule has 1 fully saturated rings. The van der Waals surface area contributed by atoms with Crippen LogP contribution >= 0.6 is 0 Å². The molecule has 2 heterocycles. The minimum Gasteiger partial charge on any atom is -0.492 e. The summed E-state index contributed by atoms with van der Waals surface area (Å²) in [6.07, 6.45) is 2.91. The summed E-state index contributed by atoms with van der Waals surface area (Å²) in [5, 5.41) is 14.6. The second kappa shape index (κ2) is 9.72. The van der Waals surface area contributed by atoms with Crippen LogP contribution < -0.4 is 15.4 Å². The molecule has 1 saturated heterocycles. The van der Waals surface area contributed by atoms with Crippen LogP contribution in [0, 0.1) is 0 Å². The maximum atomic E-state index is 11.8. The highest BCUT2D eigenvalue weighted by molar-refractivity contribution is 5.67. The molecule has 0 atom stereocenters. The molecule has 0 saturated carbocycles. The summed E-state index contributed by atoms with van der Waals surface area (Å²) in [7, 11) is 0. The maximum Gasteiger partial charge on any atom is 0.409 e. The number of likely N-dealkylation sites (tertiary alicyclic amines) is 1. The summed E-state index contributed by atoms with van der Waals surface area (Å²) in [4.78, 5) is 18.0. The van der Waals surface area contributed by atoms with Crippen LogP contribution in [0.1, 0.15) is 26.7 Å². The Morgan fingerprint density at radius 3 is 2.75 bits per heavy atom. The molecule has 9 nitrogen and oxygen atoms in total. The predicted molar refractivity (Wildman–Crippen MR) is 106 cm³/mol. The Morgan fingerprint density at radius 1 is 1.21 bits per heavy atom. The van der Waals surface area contributed by atoms with Gasteiger partial charge in [-0.15, -0.1) is 5.10 Å². The summed E-state index contributed by atoms with van der Waals surface area (Å²) in [5.74, 6) is 1.78. The number of amides is 1. The van der Waals surface area contributed by atoms with Crippen molar-refractivity contribution in [1.82, 2.24) is 20.1 Å². The van der Waals surface area contributed by atoms with Gasteiger partial charge in [0.05, 0.1) is 25.1 Å². The molecule has 3 rings (SSSR count). The lowest BCUT2D eigenvalue weighted by Gasteiger charge is -2.31. The first kappa shape index (κ1) is 19.7. The van der Waals surface area contributed by atoms with E-state index >= 15 is 0 Å². The molecule has 1 aromatic carbocycles. The van der Waals surface area contributed by atoms with E-state index in [1.54, 1.807) is 11.1 Å². The van der Waals surface area contributed by atoms with E-state index in [4.69, 9.17) is 9.47 Å². The van der Waals surface area contributed by atoms with Crippen LogP contribution in [0.4, 0.5) is 22.2 Å². The number of para-hydroxylation sites is 2. The average molecular weight is 386 g/mol. The first-order valence-corrected chi connectivity index (χ1v) is 9.56. The van der Waals surface area contributed by atoms with Gasteiger partial charge in [0.2, 0.25) is 5.95 Å². The van der Waals surface area contributed by atoms with Gasteiger partial charge in [-0.3, -0.25) is 0 Å². The highest BCUT2D eigenvalue weighted by atomic mass is 16.6. The third-order valence-electron chi connectivity index (χ3n) is 4.36. The Hall–Kier alpha value is -3.10. The molecule has 9 heteroatoms. The lowest BCUT2D eigenvalue weighted by Crippen LogP contribution is -2.42. The number of rotatable bonds is 7. The van der Waals surface area contributed by atoms with Gasteiger partial charge in [-0.1, -0.05) is 12.1 Å². The summed E-state index contributed by atoms with van der Waals surface area (Å²) in [6.45, 7) is 6.01. The largest absolute Gasteiger partial charge is 0.492 e. The summed E-state index contributed by atoms with van der Waals surface area (Å²) in [5.41, 5.74) is 0.818. The predicted octanol–water partition coefficient (Wildman–Crippen LogP) is 3.05. The smallest absolute Gasteiger partial charge is 0.409 e. The quantitative estimate of drug-likeness (QED) is 0.749.